The van der Waals surface area contributed by atoms with Crippen LogP contribution in [-0.2, 0) is 14.3 Å². The second-order valence-corrected chi connectivity index (χ2v) is 5.94. The van der Waals surface area contributed by atoms with Crippen molar-refractivity contribution in [3.63, 3.8) is 0 Å². The fraction of sp³-hybridized carbons (Fsp3) is 0.800. The van der Waals surface area contributed by atoms with Gasteiger partial charge in [0.1, 0.15) is 5.60 Å². The molecule has 0 aliphatic heterocycles. The van der Waals surface area contributed by atoms with E-state index in [0.717, 1.165) is 0 Å². The van der Waals surface area contributed by atoms with Crippen LogP contribution >= 0.6 is 0 Å². The topological polar surface area (TPSA) is 96.5 Å². The minimum Gasteiger partial charge on any atom is -0.444 e. The molecule has 0 radical (unpaired) electrons. The summed E-state index contributed by atoms with van der Waals surface area (Å²) in [7, 11) is 0. The van der Waals surface area contributed by atoms with Crippen LogP contribution in [0.2, 0.25) is 0 Å². The first-order valence-corrected chi connectivity index (χ1v) is 7.75. The van der Waals surface area contributed by atoms with Gasteiger partial charge in [0.2, 0.25) is 11.8 Å². The van der Waals surface area contributed by atoms with Gasteiger partial charge in [-0.15, -0.1) is 0 Å². The van der Waals surface area contributed by atoms with Gasteiger partial charge in [-0.05, 0) is 40.5 Å². The van der Waals surface area contributed by atoms with Crippen LogP contribution in [0.15, 0.2) is 0 Å². The lowest BCUT2D eigenvalue weighted by Gasteiger charge is -2.19. The zero-order valence-corrected chi connectivity index (χ0v) is 14.1. The molecule has 0 bridgehead atoms. The molecule has 0 unspecified atom stereocenters. The fourth-order valence-electron chi connectivity index (χ4n) is 1.60. The number of carbonyl (C=O) groups excluding carboxylic acids is 3. The highest BCUT2D eigenvalue weighted by atomic mass is 16.6. The first kappa shape index (κ1) is 20.2. The van der Waals surface area contributed by atoms with Crippen molar-refractivity contribution >= 4 is 17.9 Å². The smallest absolute Gasteiger partial charge is 0.407 e. The van der Waals surface area contributed by atoms with E-state index in [1.807, 2.05) is 6.92 Å². The third-order valence-electron chi connectivity index (χ3n) is 2.53. The van der Waals surface area contributed by atoms with Crippen molar-refractivity contribution in [2.75, 3.05) is 19.6 Å². The molecule has 3 N–H and O–H groups in total. The second kappa shape index (κ2) is 10.9. The van der Waals surface area contributed by atoms with E-state index in [2.05, 4.69) is 16.0 Å². The first-order valence-electron chi connectivity index (χ1n) is 7.75. The lowest BCUT2D eigenvalue weighted by molar-refractivity contribution is -0.122. The average molecular weight is 315 g/mol. The quantitative estimate of drug-likeness (QED) is 0.559. The number of carbonyl (C=O) groups is 3. The molecule has 0 heterocycles. The monoisotopic (exact) mass is 315 g/mol. The van der Waals surface area contributed by atoms with E-state index in [0.29, 0.717) is 45.3 Å². The SMILES string of the molecule is CCNC(=O)CCCNC(=O)CCCNC(=O)OC(C)(C)C. The summed E-state index contributed by atoms with van der Waals surface area (Å²) in [6, 6.07) is 0. The molecule has 0 fully saturated rings. The van der Waals surface area contributed by atoms with Crippen LogP contribution in [0.25, 0.3) is 0 Å². The molecule has 7 nitrogen and oxygen atoms in total. The Bertz CT molecular complexity index is 364. The number of amides is 3. The molecule has 3 amide bonds. The Balaban J connectivity index is 3.54. The van der Waals surface area contributed by atoms with Gasteiger partial charge in [-0.3, -0.25) is 9.59 Å². The van der Waals surface area contributed by atoms with Crippen LogP contribution in [0.3, 0.4) is 0 Å². The molecule has 0 saturated carbocycles. The van der Waals surface area contributed by atoms with Crippen molar-refractivity contribution in [1.82, 2.24) is 16.0 Å². The highest BCUT2D eigenvalue weighted by Gasteiger charge is 2.15. The van der Waals surface area contributed by atoms with Gasteiger partial charge in [0.25, 0.3) is 0 Å². The van der Waals surface area contributed by atoms with Gasteiger partial charge in [0.15, 0.2) is 0 Å². The van der Waals surface area contributed by atoms with Crippen molar-refractivity contribution in [2.45, 2.75) is 59.0 Å². The van der Waals surface area contributed by atoms with Crippen molar-refractivity contribution in [3.05, 3.63) is 0 Å². The molecule has 0 aliphatic rings. The van der Waals surface area contributed by atoms with E-state index in [1.54, 1.807) is 20.8 Å². The van der Waals surface area contributed by atoms with E-state index in [9.17, 15) is 14.4 Å². The maximum Gasteiger partial charge on any atom is 0.407 e. The van der Waals surface area contributed by atoms with E-state index >= 15 is 0 Å². The van der Waals surface area contributed by atoms with E-state index in [4.69, 9.17) is 4.74 Å². The second-order valence-electron chi connectivity index (χ2n) is 5.94. The summed E-state index contributed by atoms with van der Waals surface area (Å²) in [5.74, 6) is -0.0831. The molecule has 0 saturated heterocycles. The fourth-order valence-corrected chi connectivity index (χ4v) is 1.60. The molecule has 0 atom stereocenters. The van der Waals surface area contributed by atoms with Crippen molar-refractivity contribution in [3.8, 4) is 0 Å². The Labute approximate surface area is 132 Å². The predicted molar refractivity (Wildman–Crippen MR) is 84.4 cm³/mol. The molecule has 0 spiro atoms. The number of hydrogen-bond acceptors (Lipinski definition) is 4. The van der Waals surface area contributed by atoms with Crippen LogP contribution in [0.5, 0.6) is 0 Å². The number of nitrogens with one attached hydrogen (secondary N) is 3. The molecule has 22 heavy (non-hydrogen) atoms. The molecule has 0 aromatic carbocycles. The van der Waals surface area contributed by atoms with Crippen LogP contribution in [-0.4, -0.2) is 43.1 Å². The maximum absolute atomic E-state index is 11.5. The zero-order chi connectivity index (χ0) is 17.0. The summed E-state index contributed by atoms with van der Waals surface area (Å²) in [4.78, 5) is 34.1. The van der Waals surface area contributed by atoms with Crippen molar-refractivity contribution in [1.29, 1.82) is 0 Å². The van der Waals surface area contributed by atoms with E-state index < -0.39 is 11.7 Å². The Morgan fingerprint density at radius 1 is 0.864 bits per heavy atom. The lowest BCUT2D eigenvalue weighted by atomic mass is 10.2. The van der Waals surface area contributed by atoms with Crippen LogP contribution in [0.1, 0.15) is 53.4 Å². The summed E-state index contributed by atoms with van der Waals surface area (Å²) < 4.78 is 5.08. The number of ether oxygens (including phenoxy) is 1. The van der Waals surface area contributed by atoms with Gasteiger partial charge in [0.05, 0.1) is 0 Å². The highest BCUT2D eigenvalue weighted by Crippen LogP contribution is 2.06. The molecule has 128 valence electrons. The molecule has 0 rings (SSSR count). The third kappa shape index (κ3) is 13.2. The van der Waals surface area contributed by atoms with Gasteiger partial charge >= 0.3 is 6.09 Å². The minimum atomic E-state index is -0.522. The number of alkyl carbamates (subject to hydrolysis) is 1. The summed E-state index contributed by atoms with van der Waals surface area (Å²) in [5, 5.41) is 8.04. The first-order chi connectivity index (χ1) is 10.2. The standard InChI is InChI=1S/C15H29N3O4/c1-5-16-12(19)8-6-10-17-13(20)9-7-11-18-14(21)22-15(2,3)4/h5-11H2,1-4H3,(H,16,19)(H,17,20)(H,18,21). The highest BCUT2D eigenvalue weighted by molar-refractivity contribution is 5.77. The van der Waals surface area contributed by atoms with Crippen LogP contribution < -0.4 is 16.0 Å². The molecule has 7 heteroatoms. The Morgan fingerprint density at radius 3 is 1.86 bits per heavy atom. The minimum absolute atomic E-state index is 0.00157. The van der Waals surface area contributed by atoms with Crippen LogP contribution in [0.4, 0.5) is 4.79 Å². The summed E-state index contributed by atoms with van der Waals surface area (Å²) in [6.45, 7) is 8.74. The largest absolute Gasteiger partial charge is 0.444 e. The summed E-state index contributed by atoms with van der Waals surface area (Å²) in [6.07, 6.45) is 1.43. The third-order valence-corrected chi connectivity index (χ3v) is 2.53. The van der Waals surface area contributed by atoms with Gasteiger partial charge in [-0.1, -0.05) is 0 Å². The van der Waals surface area contributed by atoms with Gasteiger partial charge in [0, 0.05) is 32.5 Å². The predicted octanol–water partition coefficient (Wildman–Crippen LogP) is 1.32. The number of hydrogen-bond donors (Lipinski definition) is 3. The van der Waals surface area contributed by atoms with Gasteiger partial charge in [-0.25, -0.2) is 4.79 Å². The molecular formula is C15H29N3O4. The Kier molecular flexibility index (Phi) is 9.98. The summed E-state index contributed by atoms with van der Waals surface area (Å²) in [5.41, 5.74) is -0.522. The average Bonchev–Trinajstić information content (AvgIpc) is 2.38. The number of rotatable bonds is 9. The van der Waals surface area contributed by atoms with Gasteiger partial charge < -0.3 is 20.7 Å². The van der Waals surface area contributed by atoms with Gasteiger partial charge in [-0.2, -0.15) is 0 Å². The Hall–Kier alpha value is -1.79. The normalized spacial score (nSPS) is 10.7. The zero-order valence-electron chi connectivity index (χ0n) is 14.1. The van der Waals surface area contributed by atoms with Crippen molar-refractivity contribution in [2.24, 2.45) is 0 Å². The molecular weight excluding hydrogens is 286 g/mol. The Morgan fingerprint density at radius 2 is 1.36 bits per heavy atom. The lowest BCUT2D eigenvalue weighted by Crippen LogP contribution is -2.33. The van der Waals surface area contributed by atoms with E-state index in [1.165, 1.54) is 0 Å². The van der Waals surface area contributed by atoms with Crippen LogP contribution in [0, 0.1) is 0 Å². The van der Waals surface area contributed by atoms with E-state index in [-0.39, 0.29) is 11.8 Å². The molecule has 0 aromatic heterocycles. The maximum atomic E-state index is 11.5. The molecule has 0 aliphatic carbocycles. The van der Waals surface area contributed by atoms with Crippen molar-refractivity contribution < 1.29 is 19.1 Å². The molecule has 0 aromatic rings. The summed E-state index contributed by atoms with van der Waals surface area (Å²) >= 11 is 0.